The zero-order valence-corrected chi connectivity index (χ0v) is 15.3. The number of amides is 1. The largest absolute Gasteiger partial charge is 0.494 e. The highest BCUT2D eigenvalue weighted by Crippen LogP contribution is 2.22. The molecule has 148 valence electrons. The lowest BCUT2D eigenvalue weighted by atomic mass is 9.91. The zero-order valence-electron chi connectivity index (χ0n) is 15.3. The lowest BCUT2D eigenvalue weighted by Crippen LogP contribution is -2.49. The molecule has 8 heteroatoms. The monoisotopic (exact) mass is 391 g/mol. The van der Waals surface area contributed by atoms with Crippen LogP contribution in [0.25, 0.3) is 0 Å². The minimum atomic E-state index is -1.79. The van der Waals surface area contributed by atoms with Crippen molar-refractivity contribution in [3.8, 4) is 5.75 Å². The number of halogens is 2. The molecule has 1 unspecified atom stereocenters. The second-order valence-electron chi connectivity index (χ2n) is 6.26. The van der Waals surface area contributed by atoms with Gasteiger partial charge in [0.05, 0.1) is 7.11 Å². The number of carbonyl (C=O) groups is 3. The van der Waals surface area contributed by atoms with Gasteiger partial charge in [0.1, 0.15) is 5.82 Å². The topological polar surface area (TPSA) is 92.7 Å². The van der Waals surface area contributed by atoms with Crippen LogP contribution in [-0.4, -0.2) is 29.9 Å². The number of hydrogen-bond donors (Lipinski definition) is 2. The summed E-state index contributed by atoms with van der Waals surface area (Å²) in [5.74, 6) is -3.75. The average Bonchev–Trinajstić information content (AvgIpc) is 2.66. The Balaban J connectivity index is 2.05. The molecule has 0 bridgehead atoms. The van der Waals surface area contributed by atoms with Crippen molar-refractivity contribution in [1.29, 1.82) is 0 Å². The van der Waals surface area contributed by atoms with Gasteiger partial charge in [-0.2, -0.15) is 0 Å². The number of aliphatic carboxylic acids is 1. The Hall–Kier alpha value is -3.29. The number of nitrogens with one attached hydrogen (secondary N) is 1. The van der Waals surface area contributed by atoms with Crippen LogP contribution in [0, 0.1) is 11.6 Å². The minimum Gasteiger partial charge on any atom is -0.494 e. The molecule has 2 N–H and O–H groups in total. The van der Waals surface area contributed by atoms with E-state index in [2.05, 4.69) is 5.32 Å². The predicted molar refractivity (Wildman–Crippen MR) is 96.0 cm³/mol. The summed E-state index contributed by atoms with van der Waals surface area (Å²) in [6, 6.07) is 8.39. The Morgan fingerprint density at radius 1 is 1.07 bits per heavy atom. The van der Waals surface area contributed by atoms with Crippen molar-refractivity contribution in [1.82, 2.24) is 5.32 Å². The maximum atomic E-state index is 13.7. The van der Waals surface area contributed by atoms with Gasteiger partial charge in [0.25, 0.3) is 0 Å². The zero-order chi connectivity index (χ0) is 20.9. The Bertz CT molecular complexity index is 898. The number of ketones is 1. The molecular formula is C20H19F2NO5. The third-order valence-corrected chi connectivity index (χ3v) is 4.29. The SMILES string of the molecule is COc1ccc(C(=O)CCC(=O)NC(C)(C(=O)O)c2ccc(F)cc2)cc1F. The molecule has 0 spiro atoms. The first-order valence-electron chi connectivity index (χ1n) is 8.34. The summed E-state index contributed by atoms with van der Waals surface area (Å²) in [7, 11) is 1.30. The minimum absolute atomic E-state index is 0.00850. The molecule has 0 fully saturated rings. The van der Waals surface area contributed by atoms with Gasteiger partial charge in [0.2, 0.25) is 5.91 Å². The first kappa shape index (κ1) is 21.0. The van der Waals surface area contributed by atoms with Crippen LogP contribution in [0.3, 0.4) is 0 Å². The van der Waals surface area contributed by atoms with Gasteiger partial charge in [-0.3, -0.25) is 9.59 Å². The maximum absolute atomic E-state index is 13.7. The van der Waals surface area contributed by atoms with Crippen LogP contribution in [0.15, 0.2) is 42.5 Å². The molecule has 0 heterocycles. The molecule has 1 atom stereocenters. The number of ether oxygens (including phenoxy) is 1. The Kier molecular flexibility index (Phi) is 6.45. The highest BCUT2D eigenvalue weighted by molar-refractivity contribution is 5.98. The second kappa shape index (κ2) is 8.60. The van der Waals surface area contributed by atoms with E-state index < -0.39 is 34.8 Å². The maximum Gasteiger partial charge on any atom is 0.333 e. The Morgan fingerprint density at radius 3 is 2.25 bits per heavy atom. The molecule has 0 radical (unpaired) electrons. The molecule has 0 aliphatic carbocycles. The van der Waals surface area contributed by atoms with E-state index >= 15 is 0 Å². The van der Waals surface area contributed by atoms with E-state index in [9.17, 15) is 28.3 Å². The van der Waals surface area contributed by atoms with Crippen molar-refractivity contribution in [2.24, 2.45) is 0 Å². The van der Waals surface area contributed by atoms with E-state index in [0.29, 0.717) is 0 Å². The number of carbonyl (C=O) groups excluding carboxylic acids is 2. The number of benzene rings is 2. The first-order valence-corrected chi connectivity index (χ1v) is 8.34. The smallest absolute Gasteiger partial charge is 0.333 e. The van der Waals surface area contributed by atoms with Gasteiger partial charge >= 0.3 is 5.97 Å². The second-order valence-corrected chi connectivity index (χ2v) is 6.26. The number of Topliss-reactive ketones (excluding diaryl/α,β-unsaturated/α-hetero) is 1. The van der Waals surface area contributed by atoms with Crippen molar-refractivity contribution in [2.45, 2.75) is 25.3 Å². The lowest BCUT2D eigenvalue weighted by Gasteiger charge is -2.26. The number of methoxy groups -OCH3 is 1. The van der Waals surface area contributed by atoms with Gasteiger partial charge in [0, 0.05) is 18.4 Å². The molecule has 2 aromatic carbocycles. The summed E-state index contributed by atoms with van der Waals surface area (Å²) < 4.78 is 31.5. The summed E-state index contributed by atoms with van der Waals surface area (Å²) in [6.45, 7) is 1.27. The first-order chi connectivity index (χ1) is 13.2. The molecular weight excluding hydrogens is 372 g/mol. The van der Waals surface area contributed by atoms with E-state index in [1.165, 1.54) is 38.3 Å². The van der Waals surface area contributed by atoms with Crippen molar-refractivity contribution in [3.63, 3.8) is 0 Å². The van der Waals surface area contributed by atoms with Crippen LogP contribution >= 0.6 is 0 Å². The number of carboxylic acid groups (broad SMARTS) is 1. The quantitative estimate of drug-likeness (QED) is 0.675. The van der Waals surface area contributed by atoms with E-state index in [0.717, 1.165) is 18.2 Å². The van der Waals surface area contributed by atoms with Gasteiger partial charge in [-0.25, -0.2) is 13.6 Å². The average molecular weight is 391 g/mol. The molecule has 0 aliphatic rings. The van der Waals surface area contributed by atoms with Crippen molar-refractivity contribution in [2.75, 3.05) is 7.11 Å². The summed E-state index contributed by atoms with van der Waals surface area (Å²) in [4.78, 5) is 36.0. The standard InChI is InChI=1S/C20H19F2NO5/c1-20(19(26)27,13-4-6-14(21)7-5-13)23-18(25)10-8-16(24)12-3-9-17(28-2)15(22)11-12/h3-7,9,11H,8,10H2,1-2H3,(H,23,25)(H,26,27). The molecule has 0 aromatic heterocycles. The van der Waals surface area contributed by atoms with E-state index in [1.54, 1.807) is 0 Å². The van der Waals surface area contributed by atoms with Crippen LogP contribution in [0.4, 0.5) is 8.78 Å². The summed E-state index contributed by atoms with van der Waals surface area (Å²) in [6.07, 6.45) is -0.534. The number of rotatable bonds is 8. The number of hydrogen-bond acceptors (Lipinski definition) is 4. The van der Waals surface area contributed by atoms with E-state index in [-0.39, 0.29) is 29.7 Å². The fraction of sp³-hybridized carbons (Fsp3) is 0.250. The molecule has 1 amide bonds. The highest BCUT2D eigenvalue weighted by atomic mass is 19.1. The highest BCUT2D eigenvalue weighted by Gasteiger charge is 2.36. The van der Waals surface area contributed by atoms with Crippen LogP contribution < -0.4 is 10.1 Å². The molecule has 28 heavy (non-hydrogen) atoms. The Morgan fingerprint density at radius 2 is 1.71 bits per heavy atom. The van der Waals surface area contributed by atoms with Crippen molar-refractivity contribution < 1.29 is 33.0 Å². The summed E-state index contributed by atoms with van der Waals surface area (Å²) in [5, 5.41) is 11.9. The predicted octanol–water partition coefficient (Wildman–Crippen LogP) is 3.05. The van der Waals surface area contributed by atoms with Crippen LogP contribution in [0.5, 0.6) is 5.75 Å². The van der Waals surface area contributed by atoms with E-state index in [1.807, 2.05) is 0 Å². The molecule has 2 rings (SSSR count). The van der Waals surface area contributed by atoms with Gasteiger partial charge in [0.15, 0.2) is 22.9 Å². The molecule has 0 saturated heterocycles. The van der Waals surface area contributed by atoms with Gasteiger partial charge < -0.3 is 15.2 Å². The third kappa shape index (κ3) is 4.70. The van der Waals surface area contributed by atoms with Crippen LogP contribution in [-0.2, 0) is 15.1 Å². The summed E-state index contributed by atoms with van der Waals surface area (Å²) in [5.41, 5.74) is -1.54. The molecule has 0 aliphatic heterocycles. The van der Waals surface area contributed by atoms with Crippen LogP contribution in [0.1, 0.15) is 35.7 Å². The van der Waals surface area contributed by atoms with Gasteiger partial charge in [-0.15, -0.1) is 0 Å². The Labute approximate surface area is 160 Å². The van der Waals surface area contributed by atoms with E-state index in [4.69, 9.17) is 4.74 Å². The molecule has 6 nitrogen and oxygen atoms in total. The fourth-order valence-corrected chi connectivity index (χ4v) is 2.58. The van der Waals surface area contributed by atoms with Gasteiger partial charge in [-0.05, 0) is 42.8 Å². The van der Waals surface area contributed by atoms with Gasteiger partial charge in [-0.1, -0.05) is 12.1 Å². The molecule has 0 saturated carbocycles. The van der Waals surface area contributed by atoms with Crippen LogP contribution in [0.2, 0.25) is 0 Å². The number of carboxylic acids is 1. The van der Waals surface area contributed by atoms with Crippen molar-refractivity contribution >= 4 is 17.7 Å². The lowest BCUT2D eigenvalue weighted by molar-refractivity contribution is -0.147. The third-order valence-electron chi connectivity index (χ3n) is 4.29. The van der Waals surface area contributed by atoms with Crippen molar-refractivity contribution in [3.05, 3.63) is 65.2 Å². The summed E-state index contributed by atoms with van der Waals surface area (Å²) >= 11 is 0. The fourth-order valence-electron chi connectivity index (χ4n) is 2.58. The normalized spacial score (nSPS) is 12.7. The molecule has 2 aromatic rings.